The molecule has 2 aromatic carbocycles. The van der Waals surface area contributed by atoms with Crippen LogP contribution in [0, 0.1) is 5.82 Å². The van der Waals surface area contributed by atoms with Crippen LogP contribution in [0.3, 0.4) is 0 Å². The Labute approximate surface area is 159 Å². The van der Waals surface area contributed by atoms with E-state index in [2.05, 4.69) is 27.2 Å². The van der Waals surface area contributed by atoms with Crippen molar-refractivity contribution in [3.05, 3.63) is 66.7 Å². The van der Waals surface area contributed by atoms with Gasteiger partial charge in [-0.2, -0.15) is 0 Å². The highest BCUT2D eigenvalue weighted by Crippen LogP contribution is 2.29. The van der Waals surface area contributed by atoms with Crippen molar-refractivity contribution >= 4 is 5.82 Å². The third kappa shape index (κ3) is 3.98. The molecule has 4 nitrogen and oxygen atoms in total. The lowest BCUT2D eigenvalue weighted by molar-refractivity contribution is 0.260. The zero-order valence-corrected chi connectivity index (χ0v) is 15.4. The minimum atomic E-state index is -0.271. The van der Waals surface area contributed by atoms with E-state index in [9.17, 15) is 0 Å². The van der Waals surface area contributed by atoms with Crippen LogP contribution < -0.4 is 5.32 Å². The van der Waals surface area contributed by atoms with Crippen molar-refractivity contribution in [1.29, 1.82) is 0 Å². The number of hydrogen-bond donors (Lipinski definition) is 1. The number of hydrogen-bond acceptors (Lipinski definition) is 4. The minimum Gasteiger partial charge on any atom is -0.365 e. The third-order valence-electron chi connectivity index (χ3n) is 4.99. The highest BCUT2D eigenvalue weighted by molar-refractivity contribution is 5.72. The second kappa shape index (κ2) is 7.84. The van der Waals surface area contributed by atoms with E-state index in [4.69, 9.17) is 0 Å². The summed E-state index contributed by atoms with van der Waals surface area (Å²) in [6.45, 7) is 2.14. The lowest BCUT2D eigenvalue weighted by atomic mass is 10.0. The van der Waals surface area contributed by atoms with E-state index < -0.39 is 0 Å². The molecular weight excluding hydrogens is 339 g/mol. The molecule has 1 atom stereocenters. The first kappa shape index (κ1) is 17.6. The van der Waals surface area contributed by atoms with Gasteiger partial charge in [0.15, 0.2) is 0 Å². The molecule has 1 saturated heterocycles. The van der Waals surface area contributed by atoms with Crippen LogP contribution in [0.2, 0.25) is 0 Å². The summed E-state index contributed by atoms with van der Waals surface area (Å²) in [4.78, 5) is 11.2. The Hall–Kier alpha value is -2.79. The van der Waals surface area contributed by atoms with E-state index in [1.807, 2.05) is 36.4 Å². The molecule has 1 aliphatic rings. The minimum absolute atomic E-state index is 0.271. The van der Waals surface area contributed by atoms with Gasteiger partial charge in [0, 0.05) is 23.7 Å². The maximum absolute atomic E-state index is 15.1. The van der Waals surface area contributed by atoms with Gasteiger partial charge in [-0.1, -0.05) is 42.5 Å². The summed E-state index contributed by atoms with van der Waals surface area (Å²) in [7, 11) is 2.13. The van der Waals surface area contributed by atoms with E-state index in [1.165, 1.54) is 6.42 Å². The molecule has 1 aromatic heterocycles. The van der Waals surface area contributed by atoms with Crippen LogP contribution in [0.1, 0.15) is 12.8 Å². The summed E-state index contributed by atoms with van der Waals surface area (Å²) in [6, 6.07) is 15.3. The molecule has 3 aromatic rings. The molecular formula is C22H23FN4. The predicted octanol–water partition coefficient (Wildman–Crippen LogP) is 4.46. The van der Waals surface area contributed by atoms with Crippen molar-refractivity contribution in [2.75, 3.05) is 25.5 Å². The molecule has 0 spiro atoms. The fourth-order valence-electron chi connectivity index (χ4n) is 3.61. The first-order valence-corrected chi connectivity index (χ1v) is 9.32. The molecule has 5 heteroatoms. The van der Waals surface area contributed by atoms with Gasteiger partial charge in [-0.15, -0.1) is 0 Å². The lowest BCUT2D eigenvalue weighted by Crippen LogP contribution is -2.39. The number of halogens is 1. The summed E-state index contributed by atoms with van der Waals surface area (Å²) in [5.74, 6) is 0.464. The Balaban J connectivity index is 1.56. The second-order valence-corrected chi connectivity index (χ2v) is 7.07. The van der Waals surface area contributed by atoms with Crippen LogP contribution in [0.15, 0.2) is 60.9 Å². The van der Waals surface area contributed by atoms with Crippen LogP contribution in [0.25, 0.3) is 22.4 Å². The molecule has 0 bridgehead atoms. The SMILES string of the molecule is CN1CCC[C@@H](Nc2cnc(-c3cccc(-c4ccccc4)c3F)cn2)C1. The van der Waals surface area contributed by atoms with Gasteiger partial charge in [-0.05, 0) is 38.1 Å². The number of aromatic nitrogens is 2. The molecule has 1 fully saturated rings. The number of likely N-dealkylation sites (tertiary alicyclic amines) is 1. The average molecular weight is 362 g/mol. The van der Waals surface area contributed by atoms with Crippen LogP contribution in [0.4, 0.5) is 10.2 Å². The third-order valence-corrected chi connectivity index (χ3v) is 4.99. The van der Waals surface area contributed by atoms with Crippen LogP contribution in [0.5, 0.6) is 0 Å². The topological polar surface area (TPSA) is 41.0 Å². The molecule has 1 N–H and O–H groups in total. The van der Waals surface area contributed by atoms with Gasteiger partial charge >= 0.3 is 0 Å². The predicted molar refractivity (Wildman–Crippen MR) is 107 cm³/mol. The van der Waals surface area contributed by atoms with Gasteiger partial charge in [0.05, 0.1) is 18.1 Å². The second-order valence-electron chi connectivity index (χ2n) is 7.07. The Morgan fingerprint density at radius 3 is 2.56 bits per heavy atom. The number of piperidine rings is 1. The number of likely N-dealkylation sites (N-methyl/N-ethyl adjacent to an activating group) is 1. The van der Waals surface area contributed by atoms with Crippen LogP contribution >= 0.6 is 0 Å². The van der Waals surface area contributed by atoms with Gasteiger partial charge in [0.25, 0.3) is 0 Å². The van der Waals surface area contributed by atoms with Crippen LogP contribution in [-0.2, 0) is 0 Å². The normalized spacial score (nSPS) is 17.6. The first-order valence-electron chi connectivity index (χ1n) is 9.32. The van der Waals surface area contributed by atoms with Gasteiger partial charge in [0.2, 0.25) is 0 Å². The molecule has 0 saturated carbocycles. The number of nitrogens with zero attached hydrogens (tertiary/aromatic N) is 3. The highest BCUT2D eigenvalue weighted by atomic mass is 19.1. The van der Waals surface area contributed by atoms with E-state index in [0.29, 0.717) is 22.9 Å². The quantitative estimate of drug-likeness (QED) is 0.744. The molecule has 2 heterocycles. The average Bonchev–Trinajstić information content (AvgIpc) is 2.70. The van der Waals surface area contributed by atoms with Gasteiger partial charge in [-0.25, -0.2) is 9.37 Å². The van der Waals surface area contributed by atoms with Gasteiger partial charge < -0.3 is 10.2 Å². The summed E-state index contributed by atoms with van der Waals surface area (Å²) in [5, 5.41) is 3.43. The van der Waals surface area contributed by atoms with E-state index in [0.717, 1.165) is 30.9 Å². The molecule has 1 aliphatic heterocycles. The molecule has 0 unspecified atom stereocenters. The Kier molecular flexibility index (Phi) is 5.12. The molecule has 4 rings (SSSR count). The van der Waals surface area contributed by atoms with E-state index in [-0.39, 0.29) is 5.82 Å². The van der Waals surface area contributed by atoms with Crippen molar-refractivity contribution in [2.45, 2.75) is 18.9 Å². The molecule has 0 aliphatic carbocycles. The molecule has 27 heavy (non-hydrogen) atoms. The Morgan fingerprint density at radius 2 is 1.81 bits per heavy atom. The van der Waals surface area contributed by atoms with E-state index in [1.54, 1.807) is 24.5 Å². The summed E-state index contributed by atoms with van der Waals surface area (Å²) >= 11 is 0. The lowest BCUT2D eigenvalue weighted by Gasteiger charge is -2.30. The van der Waals surface area contributed by atoms with Crippen molar-refractivity contribution in [2.24, 2.45) is 0 Å². The largest absolute Gasteiger partial charge is 0.365 e. The van der Waals surface area contributed by atoms with Gasteiger partial charge in [0.1, 0.15) is 11.6 Å². The Bertz CT molecular complexity index is 896. The van der Waals surface area contributed by atoms with E-state index >= 15 is 4.39 Å². The fraction of sp³-hybridized carbons (Fsp3) is 0.273. The summed E-state index contributed by atoms with van der Waals surface area (Å²) < 4.78 is 15.1. The first-order chi connectivity index (χ1) is 13.2. The van der Waals surface area contributed by atoms with Crippen molar-refractivity contribution in [1.82, 2.24) is 14.9 Å². The zero-order chi connectivity index (χ0) is 18.6. The maximum atomic E-state index is 15.1. The van der Waals surface area contributed by atoms with Crippen LogP contribution in [-0.4, -0.2) is 41.0 Å². The summed E-state index contributed by atoms with van der Waals surface area (Å²) in [5.41, 5.74) is 2.43. The number of rotatable bonds is 4. The van der Waals surface area contributed by atoms with Gasteiger partial charge in [-0.3, -0.25) is 4.98 Å². The smallest absolute Gasteiger partial charge is 0.144 e. The zero-order valence-electron chi connectivity index (χ0n) is 15.4. The molecule has 0 amide bonds. The monoisotopic (exact) mass is 362 g/mol. The number of benzene rings is 2. The van der Waals surface area contributed by atoms with Crippen molar-refractivity contribution < 1.29 is 4.39 Å². The standard InChI is InChI=1S/C22H23FN4/c1-27-12-6-9-17(15-27)26-21-14-24-20(13-25-21)19-11-5-10-18(22(19)23)16-7-3-2-4-8-16/h2-5,7-8,10-11,13-14,17H,6,9,12,15H2,1H3,(H,25,26)/t17-/m1/s1. The summed E-state index contributed by atoms with van der Waals surface area (Å²) in [6.07, 6.45) is 5.64. The molecule has 0 radical (unpaired) electrons. The van der Waals surface area contributed by atoms with Crippen molar-refractivity contribution in [3.8, 4) is 22.4 Å². The fourth-order valence-corrected chi connectivity index (χ4v) is 3.61. The Morgan fingerprint density at radius 1 is 1.00 bits per heavy atom. The number of nitrogens with one attached hydrogen (secondary N) is 1. The maximum Gasteiger partial charge on any atom is 0.144 e. The molecule has 138 valence electrons. The number of anilines is 1. The highest BCUT2D eigenvalue weighted by Gasteiger charge is 2.18. The van der Waals surface area contributed by atoms with Crippen molar-refractivity contribution in [3.63, 3.8) is 0 Å².